The Kier molecular flexibility index (Phi) is 6.58. The largest absolute Gasteiger partial charge is 0.451 e. The summed E-state index contributed by atoms with van der Waals surface area (Å²) in [7, 11) is 0. The number of nitrogens with one attached hydrogen (secondary N) is 3. The predicted molar refractivity (Wildman–Crippen MR) is 90.7 cm³/mol. The van der Waals surface area contributed by atoms with Gasteiger partial charge in [-0.1, -0.05) is 0 Å². The SMILES string of the molecule is O=C(COC(=O)c1ccc[nH]1)NCCNc1ccc(C(F)(F)F)cc1[N+](=O)[O-]. The van der Waals surface area contributed by atoms with Gasteiger partial charge in [-0.15, -0.1) is 0 Å². The van der Waals surface area contributed by atoms with Crippen molar-refractivity contribution in [1.29, 1.82) is 0 Å². The molecule has 0 saturated carbocycles. The van der Waals surface area contributed by atoms with Crippen LogP contribution in [0.25, 0.3) is 0 Å². The number of amides is 1. The number of halogens is 3. The van der Waals surface area contributed by atoms with E-state index in [4.69, 9.17) is 4.74 Å². The Morgan fingerprint density at radius 3 is 2.57 bits per heavy atom. The fourth-order valence-electron chi connectivity index (χ4n) is 2.12. The van der Waals surface area contributed by atoms with Gasteiger partial charge in [0.25, 0.3) is 11.6 Å². The van der Waals surface area contributed by atoms with Crippen molar-refractivity contribution in [2.75, 3.05) is 25.0 Å². The number of alkyl halides is 3. The summed E-state index contributed by atoms with van der Waals surface area (Å²) in [6.45, 7) is -0.530. The molecule has 12 heteroatoms. The van der Waals surface area contributed by atoms with Gasteiger partial charge in [-0.3, -0.25) is 14.9 Å². The van der Waals surface area contributed by atoms with Crippen LogP contribution in [0.3, 0.4) is 0 Å². The maximum atomic E-state index is 12.6. The van der Waals surface area contributed by atoms with Crippen molar-refractivity contribution in [1.82, 2.24) is 10.3 Å². The zero-order chi connectivity index (χ0) is 20.7. The quantitative estimate of drug-likeness (QED) is 0.270. The van der Waals surface area contributed by atoms with E-state index in [1.807, 2.05) is 0 Å². The zero-order valence-electron chi connectivity index (χ0n) is 14.2. The number of carbonyl (C=O) groups is 2. The average molecular weight is 400 g/mol. The van der Waals surface area contributed by atoms with Crippen molar-refractivity contribution in [3.8, 4) is 0 Å². The van der Waals surface area contributed by atoms with Gasteiger partial charge >= 0.3 is 12.1 Å². The summed E-state index contributed by atoms with van der Waals surface area (Å²) in [4.78, 5) is 35.8. The molecule has 0 unspecified atom stereocenters. The number of benzene rings is 1. The molecular formula is C16H15F3N4O5. The molecule has 0 aliphatic carbocycles. The molecule has 3 N–H and O–H groups in total. The van der Waals surface area contributed by atoms with E-state index in [0.29, 0.717) is 12.1 Å². The van der Waals surface area contributed by atoms with Crippen LogP contribution in [0.15, 0.2) is 36.5 Å². The van der Waals surface area contributed by atoms with E-state index in [2.05, 4.69) is 15.6 Å². The topological polar surface area (TPSA) is 126 Å². The van der Waals surface area contributed by atoms with Crippen molar-refractivity contribution in [3.05, 3.63) is 57.9 Å². The molecule has 0 aliphatic rings. The van der Waals surface area contributed by atoms with E-state index < -0.39 is 40.8 Å². The Hall–Kier alpha value is -3.57. The van der Waals surface area contributed by atoms with Crippen LogP contribution in [-0.2, 0) is 15.7 Å². The maximum Gasteiger partial charge on any atom is 0.416 e. The van der Waals surface area contributed by atoms with Gasteiger partial charge in [-0.2, -0.15) is 13.2 Å². The first kappa shape index (κ1) is 20.7. The molecule has 28 heavy (non-hydrogen) atoms. The van der Waals surface area contributed by atoms with Crippen molar-refractivity contribution < 1.29 is 32.4 Å². The second-order valence-corrected chi connectivity index (χ2v) is 5.42. The molecule has 0 radical (unpaired) electrons. The highest BCUT2D eigenvalue weighted by Gasteiger charge is 2.33. The molecule has 0 fully saturated rings. The molecule has 2 rings (SSSR count). The Bertz CT molecular complexity index is 852. The summed E-state index contributed by atoms with van der Waals surface area (Å²) in [6, 6.07) is 5.15. The normalized spacial score (nSPS) is 11.0. The van der Waals surface area contributed by atoms with Gasteiger partial charge in [-0.25, -0.2) is 4.79 Å². The molecule has 0 atom stereocenters. The van der Waals surface area contributed by atoms with E-state index >= 15 is 0 Å². The number of carbonyl (C=O) groups excluding carboxylic acids is 2. The number of ether oxygens (including phenoxy) is 1. The lowest BCUT2D eigenvalue weighted by Gasteiger charge is -2.11. The predicted octanol–water partition coefficient (Wildman–Crippen LogP) is 2.33. The third kappa shape index (κ3) is 5.72. The highest BCUT2D eigenvalue weighted by molar-refractivity contribution is 5.89. The first-order chi connectivity index (χ1) is 13.2. The van der Waals surface area contributed by atoms with E-state index in [1.165, 1.54) is 12.3 Å². The van der Waals surface area contributed by atoms with Gasteiger partial charge in [-0.05, 0) is 24.3 Å². The number of esters is 1. The van der Waals surface area contributed by atoms with Crippen molar-refractivity contribution in [2.45, 2.75) is 6.18 Å². The minimum Gasteiger partial charge on any atom is -0.451 e. The lowest BCUT2D eigenvalue weighted by molar-refractivity contribution is -0.384. The summed E-state index contributed by atoms with van der Waals surface area (Å²) in [5.74, 6) is -1.32. The van der Waals surface area contributed by atoms with Crippen LogP contribution in [0, 0.1) is 10.1 Å². The number of rotatable bonds is 8. The Morgan fingerprint density at radius 1 is 1.21 bits per heavy atom. The molecule has 0 spiro atoms. The van der Waals surface area contributed by atoms with Gasteiger partial charge in [0.05, 0.1) is 10.5 Å². The second-order valence-electron chi connectivity index (χ2n) is 5.42. The van der Waals surface area contributed by atoms with Crippen molar-refractivity contribution in [2.24, 2.45) is 0 Å². The number of hydrogen-bond donors (Lipinski definition) is 3. The average Bonchev–Trinajstić information content (AvgIpc) is 3.17. The van der Waals surface area contributed by atoms with Crippen LogP contribution >= 0.6 is 0 Å². The number of aromatic nitrogens is 1. The monoisotopic (exact) mass is 400 g/mol. The van der Waals surface area contributed by atoms with Gasteiger partial charge in [0, 0.05) is 25.4 Å². The summed E-state index contributed by atoms with van der Waals surface area (Å²) in [5.41, 5.74) is -1.81. The number of aromatic amines is 1. The van der Waals surface area contributed by atoms with E-state index in [1.54, 1.807) is 6.07 Å². The molecule has 2 aromatic rings. The number of H-pyrrole nitrogens is 1. The van der Waals surface area contributed by atoms with Crippen LogP contribution in [0.2, 0.25) is 0 Å². The fraction of sp³-hybridized carbons (Fsp3) is 0.250. The lowest BCUT2D eigenvalue weighted by Crippen LogP contribution is -2.32. The van der Waals surface area contributed by atoms with E-state index in [-0.39, 0.29) is 24.5 Å². The molecule has 1 aromatic heterocycles. The smallest absolute Gasteiger partial charge is 0.416 e. The Morgan fingerprint density at radius 2 is 1.96 bits per heavy atom. The van der Waals surface area contributed by atoms with Gasteiger partial charge in [0.15, 0.2) is 6.61 Å². The molecule has 1 heterocycles. The Labute approximate surface area is 156 Å². The molecule has 0 bridgehead atoms. The van der Waals surface area contributed by atoms with Crippen molar-refractivity contribution in [3.63, 3.8) is 0 Å². The molecule has 9 nitrogen and oxygen atoms in total. The number of nitro groups is 1. The van der Waals surface area contributed by atoms with Crippen LogP contribution in [-0.4, -0.2) is 41.5 Å². The number of hydrogen-bond acceptors (Lipinski definition) is 6. The number of nitro benzene ring substituents is 1. The second kappa shape index (κ2) is 8.88. The molecule has 0 saturated heterocycles. The summed E-state index contributed by atoms with van der Waals surface area (Å²) in [6.07, 6.45) is -3.18. The van der Waals surface area contributed by atoms with Crippen molar-refractivity contribution >= 4 is 23.3 Å². The summed E-state index contributed by atoms with van der Waals surface area (Å²) in [5, 5.41) is 15.9. The molecule has 150 valence electrons. The fourth-order valence-corrected chi connectivity index (χ4v) is 2.12. The van der Waals surface area contributed by atoms with E-state index in [0.717, 1.165) is 6.07 Å². The van der Waals surface area contributed by atoms with Crippen LogP contribution in [0.5, 0.6) is 0 Å². The van der Waals surface area contributed by atoms with Gasteiger partial charge in [0.2, 0.25) is 0 Å². The summed E-state index contributed by atoms with van der Waals surface area (Å²) >= 11 is 0. The third-order valence-corrected chi connectivity index (χ3v) is 3.44. The third-order valence-electron chi connectivity index (χ3n) is 3.44. The van der Waals surface area contributed by atoms with Crippen LogP contribution in [0.1, 0.15) is 16.1 Å². The zero-order valence-corrected chi connectivity index (χ0v) is 14.2. The Balaban J connectivity index is 1.80. The molecule has 1 amide bonds. The maximum absolute atomic E-state index is 12.6. The first-order valence-corrected chi connectivity index (χ1v) is 7.85. The van der Waals surface area contributed by atoms with Gasteiger partial charge in [0.1, 0.15) is 11.4 Å². The molecule has 0 aliphatic heterocycles. The first-order valence-electron chi connectivity index (χ1n) is 7.85. The lowest BCUT2D eigenvalue weighted by atomic mass is 10.1. The minimum absolute atomic E-state index is 0.00250. The van der Waals surface area contributed by atoms with Crippen LogP contribution in [0.4, 0.5) is 24.5 Å². The summed E-state index contributed by atoms with van der Waals surface area (Å²) < 4.78 is 42.7. The van der Waals surface area contributed by atoms with Gasteiger partial charge < -0.3 is 20.4 Å². The molecular weight excluding hydrogens is 385 g/mol. The number of anilines is 1. The minimum atomic E-state index is -4.70. The van der Waals surface area contributed by atoms with E-state index in [9.17, 15) is 32.9 Å². The standard InChI is InChI=1S/C16H15F3N4O5/c17-16(18,19)10-3-4-11(13(8-10)23(26)27)21-6-7-22-14(24)9-28-15(25)12-2-1-5-20-12/h1-5,8,20-21H,6-7,9H2,(H,22,24). The number of nitrogens with zero attached hydrogens (tertiary/aromatic N) is 1. The van der Waals surface area contributed by atoms with Crippen LogP contribution < -0.4 is 10.6 Å². The highest BCUT2D eigenvalue weighted by Crippen LogP contribution is 2.34. The molecule has 1 aromatic carbocycles. The highest BCUT2D eigenvalue weighted by atomic mass is 19.4.